The first-order valence-corrected chi connectivity index (χ1v) is 10.3. The number of aliphatic imine (C=N–C) groups is 1. The molecule has 1 aromatic rings. The molecule has 1 saturated heterocycles. The SMILES string of the molecule is c1ccc(C2C3CCC(CC3)C23CCC(N2CCCCC2)=N3)cc1. The van der Waals surface area contributed by atoms with Crippen molar-refractivity contribution in [2.24, 2.45) is 16.8 Å². The van der Waals surface area contributed by atoms with Gasteiger partial charge in [0.1, 0.15) is 0 Å². The zero-order chi connectivity index (χ0) is 16.0. The second kappa shape index (κ2) is 5.89. The van der Waals surface area contributed by atoms with Crippen molar-refractivity contribution < 1.29 is 0 Å². The van der Waals surface area contributed by atoms with Gasteiger partial charge < -0.3 is 4.90 Å². The highest BCUT2D eigenvalue weighted by Crippen LogP contribution is 2.60. The summed E-state index contributed by atoms with van der Waals surface area (Å²) in [5.41, 5.74) is 1.80. The maximum atomic E-state index is 5.59. The average molecular weight is 322 g/mol. The number of rotatable bonds is 1. The molecule has 2 atom stereocenters. The maximum absolute atomic E-state index is 5.59. The highest BCUT2D eigenvalue weighted by molar-refractivity contribution is 5.85. The Balaban J connectivity index is 1.53. The quantitative estimate of drug-likeness (QED) is 0.710. The van der Waals surface area contributed by atoms with Crippen LogP contribution in [0.15, 0.2) is 35.3 Å². The third-order valence-corrected chi connectivity index (χ3v) is 7.45. The van der Waals surface area contributed by atoms with E-state index in [4.69, 9.17) is 4.99 Å². The summed E-state index contributed by atoms with van der Waals surface area (Å²) in [6, 6.07) is 11.4. The Morgan fingerprint density at radius 3 is 2.42 bits per heavy atom. The monoisotopic (exact) mass is 322 g/mol. The Morgan fingerprint density at radius 2 is 1.67 bits per heavy atom. The fraction of sp³-hybridized carbons (Fsp3) is 0.682. The van der Waals surface area contributed by atoms with Gasteiger partial charge in [0.2, 0.25) is 0 Å². The lowest BCUT2D eigenvalue weighted by atomic mass is 9.52. The van der Waals surface area contributed by atoms with Crippen LogP contribution in [0.1, 0.15) is 69.3 Å². The number of hydrogen-bond acceptors (Lipinski definition) is 2. The van der Waals surface area contributed by atoms with E-state index in [2.05, 4.69) is 35.2 Å². The lowest BCUT2D eigenvalue weighted by Gasteiger charge is -2.54. The molecular formula is C22H30N2. The van der Waals surface area contributed by atoms with E-state index in [0.717, 1.165) is 11.8 Å². The fourth-order valence-electron chi connectivity index (χ4n) is 6.40. The van der Waals surface area contributed by atoms with Crippen molar-refractivity contribution in [3.63, 3.8) is 0 Å². The summed E-state index contributed by atoms with van der Waals surface area (Å²) >= 11 is 0. The zero-order valence-electron chi connectivity index (χ0n) is 14.8. The Kier molecular flexibility index (Phi) is 3.68. The number of fused-ring (bicyclic) bond motifs is 2. The van der Waals surface area contributed by atoms with Gasteiger partial charge in [0.25, 0.3) is 0 Å². The first-order valence-electron chi connectivity index (χ1n) is 10.3. The van der Waals surface area contributed by atoms with Crippen molar-refractivity contribution >= 4 is 5.84 Å². The van der Waals surface area contributed by atoms with Crippen LogP contribution < -0.4 is 0 Å². The minimum Gasteiger partial charge on any atom is -0.360 e. The first-order chi connectivity index (χ1) is 11.9. The lowest BCUT2D eigenvalue weighted by molar-refractivity contribution is 0.0429. The summed E-state index contributed by atoms with van der Waals surface area (Å²) in [7, 11) is 0. The molecule has 2 heteroatoms. The standard InChI is InChI=1S/C22H30N2/c1-3-7-17(8-4-1)21-18-9-11-19(12-10-18)22(21)14-13-20(23-22)24-15-5-2-6-16-24/h1,3-4,7-8,18-19,21H,2,5-6,9-16H2. The van der Waals surface area contributed by atoms with Crippen LogP contribution in [0.2, 0.25) is 0 Å². The number of piperidine rings is 1. The van der Waals surface area contributed by atoms with Gasteiger partial charge in [-0.2, -0.15) is 0 Å². The van der Waals surface area contributed by atoms with Crippen molar-refractivity contribution in [2.75, 3.05) is 13.1 Å². The maximum Gasteiger partial charge on any atom is 0.0997 e. The van der Waals surface area contributed by atoms with E-state index in [1.807, 2.05) is 0 Å². The fourth-order valence-corrected chi connectivity index (χ4v) is 6.40. The minimum absolute atomic E-state index is 0.231. The van der Waals surface area contributed by atoms with Gasteiger partial charge in [0, 0.05) is 25.4 Å². The lowest BCUT2D eigenvalue weighted by Crippen LogP contribution is -2.51. The Morgan fingerprint density at radius 1 is 0.917 bits per heavy atom. The average Bonchev–Trinajstić information content (AvgIpc) is 3.09. The smallest absolute Gasteiger partial charge is 0.0997 e. The van der Waals surface area contributed by atoms with Crippen LogP contribution in [0.4, 0.5) is 0 Å². The van der Waals surface area contributed by atoms with Crippen LogP contribution in [0.5, 0.6) is 0 Å². The highest BCUT2D eigenvalue weighted by atomic mass is 15.2. The third kappa shape index (κ3) is 2.25. The minimum atomic E-state index is 0.231. The van der Waals surface area contributed by atoms with Crippen LogP contribution >= 0.6 is 0 Å². The Labute approximate surface area is 146 Å². The summed E-state index contributed by atoms with van der Waals surface area (Å²) in [5.74, 6) is 3.83. The predicted molar refractivity (Wildman–Crippen MR) is 99.5 cm³/mol. The van der Waals surface area contributed by atoms with Crippen LogP contribution in [-0.4, -0.2) is 29.4 Å². The molecule has 3 saturated carbocycles. The molecule has 2 nitrogen and oxygen atoms in total. The normalized spacial score (nSPS) is 38.6. The molecule has 0 amide bonds. The second-order valence-electron chi connectivity index (χ2n) is 8.57. The molecule has 6 rings (SSSR count). The summed E-state index contributed by atoms with van der Waals surface area (Å²) in [6.45, 7) is 2.50. The van der Waals surface area contributed by atoms with Crippen LogP contribution in [0.25, 0.3) is 0 Å². The third-order valence-electron chi connectivity index (χ3n) is 7.45. The van der Waals surface area contributed by atoms with Crippen molar-refractivity contribution in [3.8, 4) is 0 Å². The van der Waals surface area contributed by atoms with E-state index in [0.29, 0.717) is 5.92 Å². The van der Waals surface area contributed by atoms with Crippen LogP contribution in [-0.2, 0) is 0 Å². The molecule has 2 heterocycles. The zero-order valence-corrected chi connectivity index (χ0v) is 14.8. The number of amidine groups is 1. The summed E-state index contributed by atoms with van der Waals surface area (Å²) in [4.78, 5) is 8.21. The molecule has 0 aromatic heterocycles. The molecule has 0 N–H and O–H groups in total. The van der Waals surface area contributed by atoms with Gasteiger partial charge in [-0.3, -0.25) is 4.99 Å². The summed E-state index contributed by atoms with van der Waals surface area (Å²) < 4.78 is 0. The molecule has 2 bridgehead atoms. The molecular weight excluding hydrogens is 292 g/mol. The highest BCUT2D eigenvalue weighted by Gasteiger charge is 2.56. The van der Waals surface area contributed by atoms with Crippen LogP contribution in [0, 0.1) is 11.8 Å². The molecule has 128 valence electrons. The van der Waals surface area contributed by atoms with E-state index < -0.39 is 0 Å². The van der Waals surface area contributed by atoms with Gasteiger partial charge in [0.05, 0.1) is 11.4 Å². The molecule has 2 unspecified atom stereocenters. The first kappa shape index (κ1) is 15.0. The Bertz CT molecular complexity index is 608. The second-order valence-corrected chi connectivity index (χ2v) is 8.57. The van der Waals surface area contributed by atoms with E-state index >= 15 is 0 Å². The largest absolute Gasteiger partial charge is 0.360 e. The van der Waals surface area contributed by atoms with Crippen molar-refractivity contribution in [1.29, 1.82) is 0 Å². The van der Waals surface area contributed by atoms with Crippen molar-refractivity contribution in [1.82, 2.24) is 4.90 Å². The topological polar surface area (TPSA) is 15.6 Å². The van der Waals surface area contributed by atoms with Crippen molar-refractivity contribution in [2.45, 2.75) is 69.2 Å². The van der Waals surface area contributed by atoms with E-state index in [9.17, 15) is 0 Å². The predicted octanol–water partition coefficient (Wildman–Crippen LogP) is 5.01. The number of likely N-dealkylation sites (tertiary alicyclic amines) is 1. The molecule has 4 fully saturated rings. The van der Waals surface area contributed by atoms with Crippen LogP contribution in [0.3, 0.4) is 0 Å². The molecule has 2 aliphatic heterocycles. The summed E-state index contributed by atoms with van der Waals surface area (Å²) in [6.07, 6.45) is 12.4. The van der Waals surface area contributed by atoms with Gasteiger partial charge in [-0.15, -0.1) is 0 Å². The van der Waals surface area contributed by atoms with Gasteiger partial charge in [0.15, 0.2) is 0 Å². The van der Waals surface area contributed by atoms with E-state index in [-0.39, 0.29) is 5.54 Å². The number of hydrogen-bond donors (Lipinski definition) is 0. The number of nitrogens with zero attached hydrogens (tertiary/aromatic N) is 2. The molecule has 24 heavy (non-hydrogen) atoms. The van der Waals surface area contributed by atoms with Gasteiger partial charge in [-0.25, -0.2) is 0 Å². The van der Waals surface area contributed by atoms with Gasteiger partial charge in [-0.05, 0) is 68.8 Å². The number of benzene rings is 1. The van der Waals surface area contributed by atoms with E-state index in [1.165, 1.54) is 76.7 Å². The molecule has 3 aliphatic carbocycles. The van der Waals surface area contributed by atoms with Gasteiger partial charge in [-0.1, -0.05) is 30.3 Å². The Hall–Kier alpha value is -1.31. The molecule has 5 aliphatic rings. The van der Waals surface area contributed by atoms with Gasteiger partial charge >= 0.3 is 0 Å². The molecule has 1 aromatic carbocycles. The van der Waals surface area contributed by atoms with E-state index in [1.54, 1.807) is 5.56 Å². The van der Waals surface area contributed by atoms with Crippen molar-refractivity contribution in [3.05, 3.63) is 35.9 Å². The molecule has 1 spiro atoms. The molecule has 0 radical (unpaired) electrons. The summed E-state index contributed by atoms with van der Waals surface area (Å²) in [5, 5.41) is 0.